The summed E-state index contributed by atoms with van der Waals surface area (Å²) in [5.74, 6) is 0. The Labute approximate surface area is 177 Å². The highest BCUT2D eigenvalue weighted by molar-refractivity contribution is 8.15. The van der Waals surface area contributed by atoms with Crippen LogP contribution in [0.2, 0.25) is 0 Å². The molecular weight excluding hydrogens is 415 g/mol. The predicted octanol–water partition coefficient (Wildman–Crippen LogP) is 5.39. The molecule has 0 radical (unpaired) electrons. The van der Waals surface area contributed by atoms with E-state index in [0.29, 0.717) is 22.0 Å². The summed E-state index contributed by atoms with van der Waals surface area (Å²) in [6, 6.07) is 12.4. The van der Waals surface area contributed by atoms with Gasteiger partial charge in [0.2, 0.25) is 0 Å². The van der Waals surface area contributed by atoms with E-state index >= 15 is 0 Å². The molecule has 2 rings (SSSR count). The van der Waals surface area contributed by atoms with E-state index in [1.165, 1.54) is 24.9 Å². The Hall–Kier alpha value is -2.81. The standard InChI is InChI=1S/C21H22F3N3O2S/c1-14(15-9-7-10-17(12-15)21(22,23)24)26-29-13-16-8-5-6-11-18(16)19(27-28-3)20(25-2)30-4/h5-12H,13H2,1-4H3. The number of hydrogen-bond donors (Lipinski definition) is 0. The van der Waals surface area contributed by atoms with E-state index in [9.17, 15) is 13.2 Å². The lowest BCUT2D eigenvalue weighted by Gasteiger charge is -2.12. The Morgan fingerprint density at radius 1 is 1.07 bits per heavy atom. The molecule has 0 unspecified atom stereocenters. The van der Waals surface area contributed by atoms with Crippen LogP contribution in [0.25, 0.3) is 0 Å². The molecule has 0 aromatic heterocycles. The lowest BCUT2D eigenvalue weighted by molar-refractivity contribution is -0.137. The molecule has 0 N–H and O–H groups in total. The van der Waals surface area contributed by atoms with Gasteiger partial charge in [-0.25, -0.2) is 0 Å². The molecule has 2 aromatic rings. The van der Waals surface area contributed by atoms with Crippen LogP contribution >= 0.6 is 11.8 Å². The van der Waals surface area contributed by atoms with Gasteiger partial charge in [0.15, 0.2) is 0 Å². The average Bonchev–Trinajstić information content (AvgIpc) is 2.74. The van der Waals surface area contributed by atoms with Crippen molar-refractivity contribution in [3.8, 4) is 0 Å². The van der Waals surface area contributed by atoms with E-state index in [0.717, 1.165) is 23.3 Å². The summed E-state index contributed by atoms with van der Waals surface area (Å²) in [6.45, 7) is 1.69. The zero-order valence-electron chi connectivity index (χ0n) is 17.0. The molecule has 0 bridgehead atoms. The van der Waals surface area contributed by atoms with Gasteiger partial charge in [0, 0.05) is 18.2 Å². The second-order valence-corrected chi connectivity index (χ2v) is 6.84. The van der Waals surface area contributed by atoms with Crippen LogP contribution in [0.5, 0.6) is 0 Å². The Balaban J connectivity index is 2.24. The summed E-state index contributed by atoms with van der Waals surface area (Å²) in [7, 11) is 3.12. The summed E-state index contributed by atoms with van der Waals surface area (Å²) < 4.78 is 38.7. The van der Waals surface area contributed by atoms with Crippen LogP contribution in [0.1, 0.15) is 29.2 Å². The number of halogens is 3. The van der Waals surface area contributed by atoms with Crippen molar-refractivity contribution in [3.05, 3.63) is 70.8 Å². The van der Waals surface area contributed by atoms with Crippen molar-refractivity contribution in [3.63, 3.8) is 0 Å². The number of aliphatic imine (C=N–C) groups is 1. The molecule has 0 fully saturated rings. The molecule has 0 amide bonds. The highest BCUT2D eigenvalue weighted by Gasteiger charge is 2.30. The zero-order valence-corrected chi connectivity index (χ0v) is 17.8. The first-order valence-corrected chi connectivity index (χ1v) is 10.1. The minimum atomic E-state index is -4.41. The van der Waals surface area contributed by atoms with E-state index in [4.69, 9.17) is 9.68 Å². The SMILES string of the molecule is CN=C(SC)C(=NOC)c1ccccc1CON=C(C)c1cccc(C(F)(F)F)c1. The molecule has 0 heterocycles. The van der Waals surface area contributed by atoms with Gasteiger partial charge >= 0.3 is 6.18 Å². The second kappa shape index (κ2) is 10.8. The van der Waals surface area contributed by atoms with E-state index in [1.807, 2.05) is 30.5 Å². The van der Waals surface area contributed by atoms with Crippen molar-refractivity contribution >= 4 is 28.2 Å². The van der Waals surface area contributed by atoms with Crippen LogP contribution in [0.4, 0.5) is 13.2 Å². The fourth-order valence-corrected chi connectivity index (χ4v) is 3.16. The monoisotopic (exact) mass is 437 g/mol. The third-order valence-electron chi connectivity index (χ3n) is 4.08. The van der Waals surface area contributed by atoms with Crippen LogP contribution in [0, 0.1) is 0 Å². The minimum absolute atomic E-state index is 0.0978. The molecule has 0 aliphatic carbocycles. The van der Waals surface area contributed by atoms with Gasteiger partial charge in [0.05, 0.1) is 11.3 Å². The molecule has 0 saturated carbocycles. The van der Waals surface area contributed by atoms with Gasteiger partial charge in [-0.3, -0.25) is 4.99 Å². The van der Waals surface area contributed by atoms with Gasteiger partial charge in [-0.05, 0) is 30.9 Å². The highest BCUT2D eigenvalue weighted by Crippen LogP contribution is 2.29. The first-order chi connectivity index (χ1) is 14.3. The van der Waals surface area contributed by atoms with E-state index in [1.54, 1.807) is 20.0 Å². The quantitative estimate of drug-likeness (QED) is 0.332. The molecule has 0 spiro atoms. The van der Waals surface area contributed by atoms with Crippen LogP contribution in [0.3, 0.4) is 0 Å². The summed E-state index contributed by atoms with van der Waals surface area (Å²) >= 11 is 1.43. The summed E-state index contributed by atoms with van der Waals surface area (Å²) in [5, 5.41) is 8.76. The van der Waals surface area contributed by atoms with Crippen molar-refractivity contribution in [2.45, 2.75) is 19.7 Å². The van der Waals surface area contributed by atoms with Crippen molar-refractivity contribution in [2.75, 3.05) is 20.4 Å². The smallest absolute Gasteiger partial charge is 0.399 e. The van der Waals surface area contributed by atoms with Crippen molar-refractivity contribution in [1.82, 2.24) is 0 Å². The number of nitrogens with zero attached hydrogens (tertiary/aromatic N) is 3. The zero-order chi connectivity index (χ0) is 22.1. The van der Waals surface area contributed by atoms with Gasteiger partial charge in [-0.15, -0.1) is 11.8 Å². The number of benzene rings is 2. The highest BCUT2D eigenvalue weighted by atomic mass is 32.2. The maximum Gasteiger partial charge on any atom is 0.416 e. The number of hydrogen-bond acceptors (Lipinski definition) is 6. The van der Waals surface area contributed by atoms with Gasteiger partial charge < -0.3 is 9.68 Å². The summed E-state index contributed by atoms with van der Waals surface area (Å²) in [4.78, 5) is 14.6. The minimum Gasteiger partial charge on any atom is -0.399 e. The summed E-state index contributed by atoms with van der Waals surface area (Å²) in [6.07, 6.45) is -2.53. The van der Waals surface area contributed by atoms with E-state index in [2.05, 4.69) is 15.3 Å². The molecular formula is C21H22F3N3O2S. The molecule has 5 nitrogen and oxygen atoms in total. The Morgan fingerprint density at radius 2 is 1.80 bits per heavy atom. The van der Waals surface area contributed by atoms with Crippen molar-refractivity contribution in [1.29, 1.82) is 0 Å². The molecule has 0 saturated heterocycles. The number of thioether (sulfide) groups is 1. The number of oxime groups is 2. The van der Waals surface area contributed by atoms with Crippen molar-refractivity contribution < 1.29 is 22.8 Å². The van der Waals surface area contributed by atoms with Gasteiger partial charge in [-0.2, -0.15) is 13.2 Å². The van der Waals surface area contributed by atoms with Gasteiger partial charge in [0.25, 0.3) is 0 Å². The molecule has 30 heavy (non-hydrogen) atoms. The third-order valence-corrected chi connectivity index (χ3v) is 4.85. The first-order valence-electron chi connectivity index (χ1n) is 8.86. The molecule has 0 aliphatic rings. The Bertz CT molecular complexity index is 957. The molecule has 9 heteroatoms. The summed E-state index contributed by atoms with van der Waals surface area (Å²) in [5.41, 5.74) is 2.05. The largest absolute Gasteiger partial charge is 0.416 e. The van der Waals surface area contributed by atoms with Gasteiger partial charge in [-0.1, -0.05) is 46.7 Å². The fourth-order valence-electron chi connectivity index (χ4n) is 2.64. The Kier molecular flexibility index (Phi) is 8.46. The molecule has 0 atom stereocenters. The fraction of sp³-hybridized carbons (Fsp3) is 0.286. The third kappa shape index (κ3) is 6.09. The van der Waals surface area contributed by atoms with Gasteiger partial charge in [0.1, 0.15) is 24.5 Å². The molecule has 2 aromatic carbocycles. The maximum absolute atomic E-state index is 12.9. The molecule has 160 valence electrons. The van der Waals surface area contributed by atoms with Crippen LogP contribution in [-0.2, 0) is 22.5 Å². The van der Waals surface area contributed by atoms with E-state index < -0.39 is 11.7 Å². The average molecular weight is 437 g/mol. The predicted molar refractivity (Wildman–Crippen MR) is 115 cm³/mol. The maximum atomic E-state index is 12.9. The second-order valence-electron chi connectivity index (χ2n) is 6.04. The number of rotatable bonds is 7. The Morgan fingerprint density at radius 3 is 2.43 bits per heavy atom. The van der Waals surface area contributed by atoms with Crippen molar-refractivity contribution in [2.24, 2.45) is 15.3 Å². The van der Waals surface area contributed by atoms with Crippen LogP contribution in [-0.4, -0.2) is 36.9 Å². The topological polar surface area (TPSA) is 55.5 Å². The molecule has 0 aliphatic heterocycles. The van der Waals surface area contributed by atoms with Crippen LogP contribution < -0.4 is 0 Å². The first kappa shape index (κ1) is 23.5. The lowest BCUT2D eigenvalue weighted by Crippen LogP contribution is -2.15. The van der Waals surface area contributed by atoms with Crippen LogP contribution in [0.15, 0.2) is 63.8 Å². The normalized spacial score (nSPS) is 13.4. The number of alkyl halides is 3. The lowest BCUT2D eigenvalue weighted by atomic mass is 10.0. The van der Waals surface area contributed by atoms with E-state index in [-0.39, 0.29) is 6.61 Å².